The van der Waals surface area contributed by atoms with E-state index in [9.17, 15) is 9.90 Å². The van der Waals surface area contributed by atoms with Crippen molar-refractivity contribution in [2.75, 3.05) is 5.75 Å². The van der Waals surface area contributed by atoms with Gasteiger partial charge in [0, 0.05) is 11.8 Å². The van der Waals surface area contributed by atoms with E-state index in [1.807, 2.05) is 18.2 Å². The molecule has 158 valence electrons. The maximum atomic E-state index is 13.2. The Balaban J connectivity index is 1.27. The Morgan fingerprint density at radius 1 is 1.13 bits per heavy atom. The number of aliphatic hydroxyl groups is 1. The van der Waals surface area contributed by atoms with Gasteiger partial charge in [-0.25, -0.2) is 4.98 Å². The molecule has 4 aliphatic carbocycles. The van der Waals surface area contributed by atoms with Crippen molar-refractivity contribution in [2.45, 2.75) is 55.2 Å². The van der Waals surface area contributed by atoms with E-state index in [0.717, 1.165) is 44.3 Å². The third-order valence-electron chi connectivity index (χ3n) is 7.08. The largest absolute Gasteiger partial charge is 0.390 e. The first-order valence-corrected chi connectivity index (χ1v) is 12.2. The zero-order valence-corrected chi connectivity index (χ0v) is 18.5. The maximum absolute atomic E-state index is 13.2. The molecule has 0 aliphatic heterocycles. The first-order valence-electron chi connectivity index (χ1n) is 10.9. The average Bonchev–Trinajstić information content (AvgIpc) is 2.70. The molecule has 4 fully saturated rings. The minimum absolute atomic E-state index is 0.0640. The van der Waals surface area contributed by atoms with Gasteiger partial charge in [0.05, 0.1) is 11.2 Å². The van der Waals surface area contributed by atoms with Gasteiger partial charge in [0.25, 0.3) is 5.91 Å². The highest BCUT2D eigenvalue weighted by Gasteiger charge is 2.55. The van der Waals surface area contributed by atoms with Gasteiger partial charge in [-0.3, -0.25) is 4.79 Å². The maximum Gasteiger partial charge on any atom is 0.254 e. The summed E-state index contributed by atoms with van der Waals surface area (Å²) in [6.07, 6.45) is 5.76. The highest BCUT2D eigenvalue weighted by molar-refractivity contribution is 7.99. The number of carbonyl (C=O) groups is 1. The van der Waals surface area contributed by atoms with E-state index in [1.54, 1.807) is 23.9 Å². The minimum atomic E-state index is -0.488. The Morgan fingerprint density at radius 3 is 2.57 bits per heavy atom. The van der Waals surface area contributed by atoms with E-state index < -0.39 is 5.60 Å². The summed E-state index contributed by atoms with van der Waals surface area (Å²) in [5.41, 5.74) is 1.38. The van der Waals surface area contributed by atoms with Gasteiger partial charge in [-0.05, 0) is 74.0 Å². The van der Waals surface area contributed by atoms with E-state index in [-0.39, 0.29) is 11.9 Å². The molecule has 4 bridgehead atoms. The van der Waals surface area contributed by atoms with Crippen molar-refractivity contribution in [3.8, 4) is 0 Å². The van der Waals surface area contributed by atoms with Crippen molar-refractivity contribution in [2.24, 2.45) is 17.8 Å². The number of aryl methyl sites for hydroxylation is 1. The second kappa shape index (κ2) is 8.18. The zero-order chi connectivity index (χ0) is 20.7. The fourth-order valence-corrected chi connectivity index (χ4v) is 7.27. The van der Waals surface area contributed by atoms with Crippen molar-refractivity contribution >= 4 is 29.3 Å². The molecule has 1 heterocycles. The van der Waals surface area contributed by atoms with Crippen molar-refractivity contribution < 1.29 is 9.90 Å². The molecule has 4 aliphatic rings. The summed E-state index contributed by atoms with van der Waals surface area (Å²) in [6, 6.07) is 14.0. The average molecular weight is 443 g/mol. The molecule has 2 aromatic rings. The van der Waals surface area contributed by atoms with Gasteiger partial charge in [-0.2, -0.15) is 0 Å². The third-order valence-corrected chi connectivity index (χ3v) is 8.29. The summed E-state index contributed by atoms with van der Waals surface area (Å²) >= 11 is 7.72. The van der Waals surface area contributed by atoms with E-state index in [2.05, 4.69) is 22.4 Å². The molecular formula is C24H27ClN2O2S. The molecule has 2 unspecified atom stereocenters. The van der Waals surface area contributed by atoms with E-state index in [0.29, 0.717) is 33.5 Å². The number of halogens is 1. The normalized spacial score (nSPS) is 31.7. The Bertz CT molecular complexity index is 922. The summed E-state index contributed by atoms with van der Waals surface area (Å²) in [5, 5.41) is 15.2. The van der Waals surface area contributed by atoms with Crippen LogP contribution in [0.15, 0.2) is 47.5 Å². The molecule has 1 amide bonds. The van der Waals surface area contributed by atoms with Gasteiger partial charge in [0.15, 0.2) is 0 Å². The van der Waals surface area contributed by atoms with E-state index in [4.69, 9.17) is 11.6 Å². The quantitative estimate of drug-likeness (QED) is 0.501. The summed E-state index contributed by atoms with van der Waals surface area (Å²) in [7, 11) is 0. The van der Waals surface area contributed by atoms with Crippen LogP contribution in [0, 0.1) is 17.8 Å². The highest BCUT2D eigenvalue weighted by atomic mass is 35.5. The second-order valence-corrected chi connectivity index (χ2v) is 10.7. The number of carbonyl (C=O) groups excluding carboxylic acids is 1. The van der Waals surface area contributed by atoms with Crippen LogP contribution < -0.4 is 5.32 Å². The first kappa shape index (κ1) is 20.3. The van der Waals surface area contributed by atoms with Crippen LogP contribution in [-0.2, 0) is 6.42 Å². The van der Waals surface area contributed by atoms with E-state index in [1.165, 1.54) is 5.56 Å². The third kappa shape index (κ3) is 4.12. The first-order chi connectivity index (χ1) is 14.5. The molecule has 0 radical (unpaired) electrons. The van der Waals surface area contributed by atoms with Gasteiger partial charge >= 0.3 is 0 Å². The lowest BCUT2D eigenvalue weighted by Gasteiger charge is -2.58. The predicted octanol–water partition coefficient (Wildman–Crippen LogP) is 4.74. The molecule has 1 aromatic heterocycles. The molecule has 30 heavy (non-hydrogen) atoms. The number of aromatic nitrogens is 1. The number of nitrogens with zero attached hydrogens (tertiary/aromatic N) is 1. The number of thioether (sulfide) groups is 1. The van der Waals surface area contributed by atoms with Gasteiger partial charge < -0.3 is 10.4 Å². The molecule has 6 heteroatoms. The van der Waals surface area contributed by atoms with Crippen LogP contribution in [-0.4, -0.2) is 33.4 Å². The van der Waals surface area contributed by atoms with Crippen LogP contribution in [0.25, 0.3) is 0 Å². The molecule has 0 spiro atoms. The molecule has 6 rings (SSSR count). The Morgan fingerprint density at radius 2 is 1.87 bits per heavy atom. The standard InChI is InChI=1S/C24H27ClN2O2S/c25-20-7-6-19(23(26-20)30-9-8-15-4-2-1-3-5-15)22(28)27-21-17-10-16-11-18(21)14-24(29,12-16)13-17/h1-7,16-18,21,29H,8-14H2,(H,27,28)/t16?,17?,18?,21-,24+. The van der Waals surface area contributed by atoms with Crippen LogP contribution in [0.3, 0.4) is 0 Å². The summed E-state index contributed by atoms with van der Waals surface area (Å²) in [5.74, 6) is 2.17. The summed E-state index contributed by atoms with van der Waals surface area (Å²) in [6.45, 7) is 0. The minimum Gasteiger partial charge on any atom is -0.390 e. The Labute approximate surface area is 186 Å². The number of rotatable bonds is 6. The lowest BCUT2D eigenvalue weighted by Crippen LogP contribution is -2.61. The monoisotopic (exact) mass is 442 g/mol. The summed E-state index contributed by atoms with van der Waals surface area (Å²) in [4.78, 5) is 17.7. The number of nitrogens with one attached hydrogen (secondary N) is 1. The summed E-state index contributed by atoms with van der Waals surface area (Å²) < 4.78 is 0. The number of pyridine rings is 1. The topological polar surface area (TPSA) is 62.2 Å². The van der Waals surface area contributed by atoms with Crippen molar-refractivity contribution in [1.82, 2.24) is 10.3 Å². The highest BCUT2D eigenvalue weighted by Crippen LogP contribution is 2.55. The van der Waals surface area contributed by atoms with Crippen LogP contribution in [0.4, 0.5) is 0 Å². The molecule has 1 aromatic carbocycles. The Hall–Kier alpha value is -1.56. The smallest absolute Gasteiger partial charge is 0.254 e. The van der Waals surface area contributed by atoms with Crippen LogP contribution in [0.5, 0.6) is 0 Å². The van der Waals surface area contributed by atoms with Crippen LogP contribution in [0.2, 0.25) is 5.15 Å². The van der Waals surface area contributed by atoms with Gasteiger partial charge in [-0.1, -0.05) is 41.9 Å². The van der Waals surface area contributed by atoms with Crippen LogP contribution >= 0.6 is 23.4 Å². The number of amides is 1. The lowest BCUT2D eigenvalue weighted by atomic mass is 9.52. The fraction of sp³-hybridized carbons (Fsp3) is 0.500. The van der Waals surface area contributed by atoms with Gasteiger partial charge in [0.1, 0.15) is 10.2 Å². The fourth-order valence-electron chi connectivity index (χ4n) is 6.06. The zero-order valence-electron chi connectivity index (χ0n) is 16.9. The second-order valence-electron chi connectivity index (χ2n) is 9.26. The lowest BCUT2D eigenvalue weighted by molar-refractivity contribution is -0.136. The Kier molecular flexibility index (Phi) is 5.55. The van der Waals surface area contributed by atoms with E-state index >= 15 is 0 Å². The number of benzene rings is 1. The SMILES string of the molecule is O=C(N[C@H]1C2CC3CC1C[C@@](O)(C3)C2)c1ccc(Cl)nc1SCCc1ccccc1. The van der Waals surface area contributed by atoms with Crippen molar-refractivity contribution in [1.29, 1.82) is 0 Å². The molecule has 2 atom stereocenters. The number of hydrogen-bond donors (Lipinski definition) is 2. The van der Waals surface area contributed by atoms with Crippen molar-refractivity contribution in [3.63, 3.8) is 0 Å². The molecule has 4 nitrogen and oxygen atoms in total. The predicted molar refractivity (Wildman–Crippen MR) is 120 cm³/mol. The van der Waals surface area contributed by atoms with Crippen molar-refractivity contribution in [3.05, 3.63) is 58.7 Å². The van der Waals surface area contributed by atoms with Gasteiger partial charge in [-0.15, -0.1) is 11.8 Å². The molecular weight excluding hydrogens is 416 g/mol. The molecule has 4 saturated carbocycles. The van der Waals surface area contributed by atoms with Gasteiger partial charge in [0.2, 0.25) is 0 Å². The van der Waals surface area contributed by atoms with Crippen LogP contribution in [0.1, 0.15) is 48.0 Å². The molecule has 0 saturated heterocycles. The number of hydrogen-bond acceptors (Lipinski definition) is 4. The molecule has 2 N–H and O–H groups in total.